The number of ether oxygens (including phenoxy) is 1. The lowest BCUT2D eigenvalue weighted by Crippen LogP contribution is -2.06. The lowest BCUT2D eigenvalue weighted by atomic mass is 10.2. The molecule has 0 aliphatic carbocycles. The van der Waals surface area contributed by atoms with Gasteiger partial charge in [0.25, 0.3) is 0 Å². The Hall–Kier alpha value is -1.71. The Morgan fingerprint density at radius 3 is 2.52 bits per heavy atom. The monoisotopic (exact) mass is 323 g/mol. The quantitative estimate of drug-likeness (QED) is 0.804. The molecule has 0 fully saturated rings. The third-order valence-electron chi connectivity index (χ3n) is 2.79. The highest BCUT2D eigenvalue weighted by molar-refractivity contribution is 6.34. The molecule has 0 heterocycles. The molecule has 2 rings (SSSR count). The van der Waals surface area contributed by atoms with E-state index in [-0.39, 0.29) is 5.97 Å². The van der Waals surface area contributed by atoms with Gasteiger partial charge in [0, 0.05) is 22.3 Å². The fourth-order valence-electron chi connectivity index (χ4n) is 1.89. The minimum absolute atomic E-state index is 0.327. The largest absolute Gasteiger partial charge is 0.462 e. The van der Waals surface area contributed by atoms with Crippen LogP contribution in [0.25, 0.3) is 0 Å². The van der Waals surface area contributed by atoms with Crippen molar-refractivity contribution in [2.45, 2.75) is 13.5 Å². The van der Waals surface area contributed by atoms with Crippen LogP contribution in [-0.4, -0.2) is 12.6 Å². The highest BCUT2D eigenvalue weighted by Crippen LogP contribution is 2.20. The van der Waals surface area contributed by atoms with E-state index >= 15 is 0 Å². The third-order valence-corrected chi connectivity index (χ3v) is 3.23. The van der Waals surface area contributed by atoms with E-state index in [1.165, 1.54) is 0 Å². The molecule has 3 nitrogen and oxygen atoms in total. The number of nitrogens with one attached hydrogen (secondary N) is 1. The summed E-state index contributed by atoms with van der Waals surface area (Å²) in [6.07, 6.45) is 0. The van der Waals surface area contributed by atoms with Crippen LogP contribution >= 0.6 is 23.2 Å². The molecule has 1 N–H and O–H groups in total. The summed E-state index contributed by atoms with van der Waals surface area (Å²) in [6, 6.07) is 12.5. The van der Waals surface area contributed by atoms with Crippen LogP contribution in [-0.2, 0) is 11.3 Å². The minimum Gasteiger partial charge on any atom is -0.462 e. The maximum absolute atomic E-state index is 11.7. The highest BCUT2D eigenvalue weighted by atomic mass is 35.5. The van der Waals surface area contributed by atoms with Crippen molar-refractivity contribution in [2.75, 3.05) is 11.9 Å². The Morgan fingerprint density at radius 1 is 1.14 bits per heavy atom. The van der Waals surface area contributed by atoms with E-state index in [1.807, 2.05) is 18.2 Å². The Morgan fingerprint density at radius 2 is 1.86 bits per heavy atom. The van der Waals surface area contributed by atoms with Crippen LogP contribution in [0.2, 0.25) is 10.0 Å². The van der Waals surface area contributed by atoms with E-state index in [0.29, 0.717) is 28.8 Å². The highest BCUT2D eigenvalue weighted by Gasteiger charge is 2.06. The second kappa shape index (κ2) is 7.34. The van der Waals surface area contributed by atoms with E-state index < -0.39 is 0 Å². The van der Waals surface area contributed by atoms with Gasteiger partial charge in [0.1, 0.15) is 0 Å². The Bertz CT molecular complexity index is 624. The van der Waals surface area contributed by atoms with Crippen LogP contribution in [0.3, 0.4) is 0 Å². The average Bonchev–Trinajstić information content (AvgIpc) is 2.45. The van der Waals surface area contributed by atoms with Gasteiger partial charge in [-0.15, -0.1) is 0 Å². The van der Waals surface area contributed by atoms with Crippen molar-refractivity contribution in [3.8, 4) is 0 Å². The van der Waals surface area contributed by atoms with Crippen molar-refractivity contribution in [1.29, 1.82) is 0 Å². The van der Waals surface area contributed by atoms with Gasteiger partial charge in [0.15, 0.2) is 0 Å². The second-order valence-electron chi connectivity index (χ2n) is 4.43. The molecule has 2 aromatic carbocycles. The van der Waals surface area contributed by atoms with Gasteiger partial charge in [-0.25, -0.2) is 4.79 Å². The Kier molecular flexibility index (Phi) is 5.48. The van der Waals surface area contributed by atoms with E-state index in [4.69, 9.17) is 27.9 Å². The summed E-state index contributed by atoms with van der Waals surface area (Å²) in [4.78, 5) is 11.7. The fraction of sp³-hybridized carbons (Fsp3) is 0.188. The molecule has 2 aromatic rings. The molecule has 21 heavy (non-hydrogen) atoms. The van der Waals surface area contributed by atoms with E-state index in [0.717, 1.165) is 11.3 Å². The minimum atomic E-state index is -0.327. The molecule has 0 aliphatic heterocycles. The van der Waals surface area contributed by atoms with Gasteiger partial charge in [0.2, 0.25) is 0 Å². The summed E-state index contributed by atoms with van der Waals surface area (Å²) in [5.74, 6) is -0.327. The van der Waals surface area contributed by atoms with E-state index in [2.05, 4.69) is 5.32 Å². The first-order chi connectivity index (χ1) is 10.1. The SMILES string of the molecule is CCOC(=O)c1cccc(NCc2cc(Cl)cc(Cl)c2)c1. The van der Waals surface area contributed by atoms with Crippen LogP contribution in [0, 0.1) is 0 Å². The topological polar surface area (TPSA) is 38.3 Å². The van der Waals surface area contributed by atoms with Crippen LogP contribution in [0.15, 0.2) is 42.5 Å². The number of esters is 1. The first-order valence-electron chi connectivity index (χ1n) is 6.54. The Balaban J connectivity index is 2.06. The zero-order valence-corrected chi connectivity index (χ0v) is 13.0. The molecule has 0 radical (unpaired) electrons. The first-order valence-corrected chi connectivity index (χ1v) is 7.30. The van der Waals surface area contributed by atoms with Gasteiger partial charge in [-0.2, -0.15) is 0 Å². The van der Waals surface area contributed by atoms with Gasteiger partial charge in [-0.1, -0.05) is 29.3 Å². The van der Waals surface area contributed by atoms with Crippen LogP contribution in [0.5, 0.6) is 0 Å². The standard InChI is InChI=1S/C16H15Cl2NO2/c1-2-21-16(20)12-4-3-5-15(8-12)19-10-11-6-13(17)9-14(18)7-11/h3-9,19H,2,10H2,1H3. The number of anilines is 1. The van der Waals surface area contributed by atoms with Gasteiger partial charge in [-0.05, 0) is 48.9 Å². The number of hydrogen-bond acceptors (Lipinski definition) is 3. The van der Waals surface area contributed by atoms with Crippen molar-refractivity contribution in [3.05, 3.63) is 63.6 Å². The molecule has 0 unspecified atom stereocenters. The molecule has 110 valence electrons. The first kappa shape index (κ1) is 15.7. The molecule has 5 heteroatoms. The zero-order chi connectivity index (χ0) is 15.2. The fourth-order valence-corrected chi connectivity index (χ4v) is 2.46. The summed E-state index contributed by atoms with van der Waals surface area (Å²) in [5, 5.41) is 4.42. The number of benzene rings is 2. The number of hydrogen-bond donors (Lipinski definition) is 1. The van der Waals surface area contributed by atoms with Gasteiger partial charge in [-0.3, -0.25) is 0 Å². The lowest BCUT2D eigenvalue weighted by molar-refractivity contribution is 0.0526. The van der Waals surface area contributed by atoms with Crippen molar-refractivity contribution < 1.29 is 9.53 Å². The maximum atomic E-state index is 11.7. The second-order valence-corrected chi connectivity index (χ2v) is 5.31. The summed E-state index contributed by atoms with van der Waals surface area (Å²) >= 11 is 11.9. The van der Waals surface area contributed by atoms with Gasteiger partial charge in [0.05, 0.1) is 12.2 Å². The molecular weight excluding hydrogens is 309 g/mol. The molecule has 0 amide bonds. The predicted molar refractivity (Wildman–Crippen MR) is 86.2 cm³/mol. The summed E-state index contributed by atoms with van der Waals surface area (Å²) in [5.41, 5.74) is 2.32. The van der Waals surface area contributed by atoms with Crippen LogP contribution in [0.1, 0.15) is 22.8 Å². The maximum Gasteiger partial charge on any atom is 0.338 e. The summed E-state index contributed by atoms with van der Waals surface area (Å²) < 4.78 is 4.98. The van der Waals surface area contributed by atoms with Crippen molar-refractivity contribution in [3.63, 3.8) is 0 Å². The molecule has 0 aromatic heterocycles. The molecule has 0 saturated carbocycles. The summed E-state index contributed by atoms with van der Waals surface area (Å²) in [7, 11) is 0. The molecular formula is C16H15Cl2NO2. The van der Waals surface area contributed by atoms with Gasteiger partial charge >= 0.3 is 5.97 Å². The van der Waals surface area contributed by atoms with Crippen molar-refractivity contribution >= 4 is 34.9 Å². The predicted octanol–water partition coefficient (Wildman–Crippen LogP) is 4.78. The zero-order valence-electron chi connectivity index (χ0n) is 11.5. The van der Waals surface area contributed by atoms with Crippen LogP contribution < -0.4 is 5.32 Å². The molecule has 0 bridgehead atoms. The molecule has 0 atom stereocenters. The van der Waals surface area contributed by atoms with E-state index in [9.17, 15) is 4.79 Å². The van der Waals surface area contributed by atoms with E-state index in [1.54, 1.807) is 31.2 Å². The normalized spacial score (nSPS) is 10.2. The smallest absolute Gasteiger partial charge is 0.338 e. The average molecular weight is 324 g/mol. The van der Waals surface area contributed by atoms with Gasteiger partial charge < -0.3 is 10.1 Å². The van der Waals surface area contributed by atoms with Crippen molar-refractivity contribution in [1.82, 2.24) is 0 Å². The van der Waals surface area contributed by atoms with Crippen LogP contribution in [0.4, 0.5) is 5.69 Å². The van der Waals surface area contributed by atoms with Crippen molar-refractivity contribution in [2.24, 2.45) is 0 Å². The lowest BCUT2D eigenvalue weighted by Gasteiger charge is -2.09. The number of halogens is 2. The third kappa shape index (κ3) is 4.66. The number of carbonyl (C=O) groups excluding carboxylic acids is 1. The molecule has 0 aliphatic rings. The molecule has 0 spiro atoms. The summed E-state index contributed by atoms with van der Waals surface area (Å²) in [6.45, 7) is 2.70. The molecule has 0 saturated heterocycles. The number of rotatable bonds is 5. The number of carbonyl (C=O) groups is 1. The Labute approximate surface area is 133 Å².